The highest BCUT2D eigenvalue weighted by atomic mass is 32.1. The van der Waals surface area contributed by atoms with Gasteiger partial charge in [0, 0.05) is 24.8 Å². The Morgan fingerprint density at radius 1 is 1.07 bits per heavy atom. The SMILES string of the molecule is COc1ccc(NC(=S)N[C@@H](C)c2ccc(N3CCC(C)CC3)cc2)c(OC)c1. The molecule has 1 fully saturated rings. The first-order valence-electron chi connectivity index (χ1n) is 10.1. The second kappa shape index (κ2) is 9.83. The molecule has 0 amide bonds. The lowest BCUT2D eigenvalue weighted by Crippen LogP contribution is -2.33. The van der Waals surface area contributed by atoms with E-state index >= 15 is 0 Å². The summed E-state index contributed by atoms with van der Waals surface area (Å²) >= 11 is 5.50. The standard InChI is InChI=1S/C23H31N3O2S/c1-16-11-13-26(14-12-16)19-7-5-18(6-8-19)17(2)24-23(29)25-21-10-9-20(27-3)15-22(21)28-4/h5-10,15-17H,11-14H2,1-4H3,(H2,24,25,29)/t17-/m0/s1. The number of ether oxygens (including phenoxy) is 2. The molecule has 1 heterocycles. The minimum absolute atomic E-state index is 0.0923. The summed E-state index contributed by atoms with van der Waals surface area (Å²) in [4.78, 5) is 2.48. The van der Waals surface area contributed by atoms with Gasteiger partial charge in [-0.15, -0.1) is 0 Å². The molecule has 2 aromatic carbocycles. The first-order chi connectivity index (χ1) is 14.0. The third-order valence-corrected chi connectivity index (χ3v) is 5.77. The van der Waals surface area contributed by atoms with Crippen LogP contribution in [0.4, 0.5) is 11.4 Å². The number of methoxy groups -OCH3 is 2. The maximum absolute atomic E-state index is 5.50. The van der Waals surface area contributed by atoms with Crippen LogP contribution < -0.4 is 25.0 Å². The van der Waals surface area contributed by atoms with Gasteiger partial charge in [-0.2, -0.15) is 0 Å². The Bertz CT molecular complexity index is 817. The van der Waals surface area contributed by atoms with Crippen LogP contribution in [0.25, 0.3) is 0 Å². The summed E-state index contributed by atoms with van der Waals surface area (Å²) in [5.41, 5.74) is 3.30. The molecule has 0 aliphatic carbocycles. The zero-order chi connectivity index (χ0) is 20.8. The molecule has 0 unspecified atom stereocenters. The monoisotopic (exact) mass is 413 g/mol. The number of anilines is 2. The van der Waals surface area contributed by atoms with Crippen LogP contribution in [0.2, 0.25) is 0 Å². The van der Waals surface area contributed by atoms with Gasteiger partial charge >= 0.3 is 0 Å². The Kier molecular flexibility index (Phi) is 7.20. The van der Waals surface area contributed by atoms with E-state index < -0.39 is 0 Å². The summed E-state index contributed by atoms with van der Waals surface area (Å²) in [6, 6.07) is 14.5. The van der Waals surface area contributed by atoms with Gasteiger partial charge in [0.1, 0.15) is 11.5 Å². The Labute approximate surface area is 179 Å². The van der Waals surface area contributed by atoms with E-state index in [2.05, 4.69) is 53.6 Å². The number of thiocarbonyl (C=S) groups is 1. The molecular formula is C23H31N3O2S. The maximum Gasteiger partial charge on any atom is 0.171 e. The molecule has 6 heteroatoms. The van der Waals surface area contributed by atoms with E-state index in [4.69, 9.17) is 21.7 Å². The van der Waals surface area contributed by atoms with Crippen molar-refractivity contribution < 1.29 is 9.47 Å². The van der Waals surface area contributed by atoms with Crippen LogP contribution in [-0.4, -0.2) is 32.4 Å². The quantitative estimate of drug-likeness (QED) is 0.651. The fraction of sp³-hybridized carbons (Fsp3) is 0.435. The van der Waals surface area contributed by atoms with Gasteiger partial charge in [-0.1, -0.05) is 19.1 Å². The number of hydrogen-bond donors (Lipinski definition) is 2. The van der Waals surface area contributed by atoms with Gasteiger partial charge < -0.3 is 25.0 Å². The van der Waals surface area contributed by atoms with Crippen molar-refractivity contribution in [3.05, 3.63) is 48.0 Å². The number of piperidine rings is 1. The number of benzene rings is 2. The fourth-order valence-electron chi connectivity index (χ4n) is 3.58. The Morgan fingerprint density at radius 3 is 2.38 bits per heavy atom. The summed E-state index contributed by atoms with van der Waals surface area (Å²) < 4.78 is 10.7. The molecule has 0 bridgehead atoms. The molecule has 29 heavy (non-hydrogen) atoms. The summed E-state index contributed by atoms with van der Waals surface area (Å²) in [6.45, 7) is 6.74. The van der Waals surface area contributed by atoms with Gasteiger partial charge in [0.2, 0.25) is 0 Å². The predicted octanol–water partition coefficient (Wildman–Crippen LogP) is 4.99. The van der Waals surface area contributed by atoms with Gasteiger partial charge in [-0.3, -0.25) is 0 Å². The normalized spacial score (nSPS) is 15.5. The van der Waals surface area contributed by atoms with Crippen LogP contribution >= 0.6 is 12.2 Å². The minimum Gasteiger partial charge on any atom is -0.497 e. The molecule has 2 aromatic rings. The lowest BCUT2D eigenvalue weighted by molar-refractivity contribution is 0.395. The van der Waals surface area contributed by atoms with E-state index in [9.17, 15) is 0 Å². The third kappa shape index (κ3) is 5.54. The molecule has 0 spiro atoms. The summed E-state index contributed by atoms with van der Waals surface area (Å²) in [5, 5.41) is 7.11. The van der Waals surface area contributed by atoms with Crippen LogP contribution in [-0.2, 0) is 0 Å². The molecule has 1 aliphatic rings. The van der Waals surface area contributed by atoms with Crippen LogP contribution in [0.3, 0.4) is 0 Å². The zero-order valence-electron chi connectivity index (χ0n) is 17.7. The van der Waals surface area contributed by atoms with Gasteiger partial charge in [0.15, 0.2) is 5.11 Å². The molecule has 1 atom stereocenters. The lowest BCUT2D eigenvalue weighted by atomic mass is 9.98. The van der Waals surface area contributed by atoms with Crippen LogP contribution in [0.1, 0.15) is 38.3 Å². The number of nitrogens with zero attached hydrogens (tertiary/aromatic N) is 1. The highest BCUT2D eigenvalue weighted by molar-refractivity contribution is 7.80. The Hall–Kier alpha value is -2.47. The van der Waals surface area contributed by atoms with Crippen molar-refractivity contribution in [1.82, 2.24) is 5.32 Å². The Morgan fingerprint density at radius 2 is 1.76 bits per heavy atom. The molecule has 156 valence electrons. The highest BCUT2D eigenvalue weighted by Gasteiger charge is 2.16. The van der Waals surface area contributed by atoms with Crippen molar-refractivity contribution in [2.24, 2.45) is 5.92 Å². The fourth-order valence-corrected chi connectivity index (χ4v) is 3.87. The molecule has 1 aliphatic heterocycles. The largest absolute Gasteiger partial charge is 0.497 e. The van der Waals surface area contributed by atoms with E-state index in [0.29, 0.717) is 10.9 Å². The van der Waals surface area contributed by atoms with Crippen molar-refractivity contribution in [3.8, 4) is 11.5 Å². The Balaban J connectivity index is 1.58. The molecule has 0 radical (unpaired) electrons. The van der Waals surface area contributed by atoms with Crippen LogP contribution in [0.5, 0.6) is 11.5 Å². The molecule has 0 aromatic heterocycles. The summed E-state index contributed by atoms with van der Waals surface area (Å²) in [6.07, 6.45) is 2.54. The predicted molar refractivity (Wildman–Crippen MR) is 124 cm³/mol. The second-order valence-electron chi connectivity index (χ2n) is 7.65. The van der Waals surface area contributed by atoms with E-state index in [1.807, 2.05) is 18.2 Å². The molecule has 0 saturated carbocycles. The molecule has 5 nitrogen and oxygen atoms in total. The average Bonchev–Trinajstić information content (AvgIpc) is 2.74. The van der Waals surface area contributed by atoms with E-state index in [1.165, 1.54) is 24.1 Å². The van der Waals surface area contributed by atoms with Crippen molar-refractivity contribution in [1.29, 1.82) is 0 Å². The molecular weight excluding hydrogens is 382 g/mol. The third-order valence-electron chi connectivity index (χ3n) is 5.55. The van der Waals surface area contributed by atoms with Crippen molar-refractivity contribution in [3.63, 3.8) is 0 Å². The maximum atomic E-state index is 5.50. The molecule has 3 rings (SSSR count). The van der Waals surface area contributed by atoms with Gasteiger partial charge in [0.25, 0.3) is 0 Å². The summed E-state index contributed by atoms with van der Waals surface area (Å²) in [5.74, 6) is 2.26. The van der Waals surface area contributed by atoms with E-state index in [1.54, 1.807) is 14.2 Å². The smallest absolute Gasteiger partial charge is 0.171 e. The number of nitrogens with one attached hydrogen (secondary N) is 2. The van der Waals surface area contributed by atoms with Crippen molar-refractivity contribution >= 4 is 28.7 Å². The zero-order valence-corrected chi connectivity index (χ0v) is 18.5. The van der Waals surface area contributed by atoms with Crippen LogP contribution in [0.15, 0.2) is 42.5 Å². The first kappa shape index (κ1) is 21.2. The van der Waals surface area contributed by atoms with E-state index in [-0.39, 0.29) is 6.04 Å². The molecule has 2 N–H and O–H groups in total. The highest BCUT2D eigenvalue weighted by Crippen LogP contribution is 2.29. The minimum atomic E-state index is 0.0923. The lowest BCUT2D eigenvalue weighted by Gasteiger charge is -2.32. The topological polar surface area (TPSA) is 45.8 Å². The second-order valence-corrected chi connectivity index (χ2v) is 8.06. The van der Waals surface area contributed by atoms with Crippen molar-refractivity contribution in [2.75, 3.05) is 37.5 Å². The van der Waals surface area contributed by atoms with Gasteiger partial charge in [-0.25, -0.2) is 0 Å². The molecule has 1 saturated heterocycles. The van der Waals surface area contributed by atoms with Gasteiger partial charge in [0.05, 0.1) is 25.9 Å². The average molecular weight is 414 g/mol. The van der Waals surface area contributed by atoms with E-state index in [0.717, 1.165) is 30.4 Å². The number of hydrogen-bond acceptors (Lipinski definition) is 4. The van der Waals surface area contributed by atoms with Gasteiger partial charge in [-0.05, 0) is 67.7 Å². The van der Waals surface area contributed by atoms with Crippen LogP contribution in [0, 0.1) is 5.92 Å². The summed E-state index contributed by atoms with van der Waals surface area (Å²) in [7, 11) is 3.26. The number of rotatable bonds is 6. The first-order valence-corrected chi connectivity index (χ1v) is 10.6. The van der Waals surface area contributed by atoms with Crippen molar-refractivity contribution in [2.45, 2.75) is 32.7 Å².